The number of aliphatic carboxylic acids is 1. The van der Waals surface area contributed by atoms with Gasteiger partial charge in [0.25, 0.3) is 0 Å². The number of anilines is 1. The van der Waals surface area contributed by atoms with Crippen LogP contribution in [0.2, 0.25) is 0 Å². The van der Waals surface area contributed by atoms with Crippen LogP contribution in [0.1, 0.15) is 61.0 Å². The predicted octanol–water partition coefficient (Wildman–Crippen LogP) is 7.96. The van der Waals surface area contributed by atoms with E-state index in [0.29, 0.717) is 18.4 Å². The van der Waals surface area contributed by atoms with Gasteiger partial charge in [-0.1, -0.05) is 111 Å². The third-order valence-electron chi connectivity index (χ3n) is 7.60. The van der Waals surface area contributed by atoms with Crippen molar-refractivity contribution >= 4 is 23.3 Å². The first-order valence-electron chi connectivity index (χ1n) is 14.3. The van der Waals surface area contributed by atoms with Crippen LogP contribution in [0.3, 0.4) is 0 Å². The molecule has 0 spiro atoms. The van der Waals surface area contributed by atoms with Gasteiger partial charge in [-0.2, -0.15) is 0 Å². The minimum atomic E-state index is -0.945. The number of benzene rings is 4. The Bertz CT molecular complexity index is 1440. The molecule has 41 heavy (non-hydrogen) atoms. The Hall–Kier alpha value is -4.51. The van der Waals surface area contributed by atoms with Crippen molar-refractivity contribution in [2.24, 2.45) is 5.92 Å². The van der Waals surface area contributed by atoms with Gasteiger partial charge < -0.3 is 10.4 Å². The molecular weight excluding hydrogens is 510 g/mol. The Morgan fingerprint density at radius 3 is 1.83 bits per heavy atom. The van der Waals surface area contributed by atoms with Crippen molar-refractivity contribution < 1.29 is 19.5 Å². The number of hydrogen-bond donors (Lipinski definition) is 2. The predicted molar refractivity (Wildman–Crippen MR) is 164 cm³/mol. The average Bonchev–Trinajstić information content (AvgIpc) is 3.84. The summed E-state index contributed by atoms with van der Waals surface area (Å²) in [6, 6.07) is 34.5. The topological polar surface area (TPSA) is 83.5 Å². The lowest BCUT2D eigenvalue weighted by atomic mass is 9.92. The highest BCUT2D eigenvalue weighted by atomic mass is 16.4. The number of rotatable bonds is 11. The number of aryl methyl sites for hydroxylation is 1. The zero-order valence-corrected chi connectivity index (χ0v) is 23.7. The van der Waals surface area contributed by atoms with Crippen molar-refractivity contribution in [1.82, 2.24) is 0 Å². The van der Waals surface area contributed by atoms with E-state index < -0.39 is 17.3 Å². The van der Waals surface area contributed by atoms with E-state index in [1.54, 1.807) is 12.1 Å². The number of Topliss-reactive ketones (excluding diaryl/α,β-unsaturated/α-hetero) is 1. The molecule has 0 heterocycles. The smallest absolute Gasteiger partial charge is 0.306 e. The lowest BCUT2D eigenvalue weighted by molar-refractivity contribution is -0.141. The molecule has 4 aromatic carbocycles. The Labute approximate surface area is 242 Å². The minimum Gasteiger partial charge on any atom is -0.481 e. The first kappa shape index (κ1) is 29.5. The van der Waals surface area contributed by atoms with E-state index in [0.717, 1.165) is 40.8 Å². The van der Waals surface area contributed by atoms with Crippen molar-refractivity contribution in [3.8, 4) is 11.1 Å². The van der Waals surface area contributed by atoms with Crippen LogP contribution in [-0.4, -0.2) is 22.8 Å². The number of carbonyl (C=O) groups is 3. The minimum absolute atomic E-state index is 0.0211. The average molecular weight is 548 g/mol. The first-order chi connectivity index (χ1) is 19.9. The maximum atomic E-state index is 13.0. The van der Waals surface area contributed by atoms with Gasteiger partial charge in [-0.25, -0.2) is 0 Å². The Balaban J connectivity index is 0.00000189. The van der Waals surface area contributed by atoms with Gasteiger partial charge in [0.1, 0.15) is 0 Å². The van der Waals surface area contributed by atoms with Crippen molar-refractivity contribution in [2.45, 2.75) is 51.4 Å². The zero-order valence-electron chi connectivity index (χ0n) is 23.7. The second kappa shape index (κ2) is 13.7. The second-order valence-electron chi connectivity index (χ2n) is 10.2. The van der Waals surface area contributed by atoms with Crippen LogP contribution in [0.5, 0.6) is 0 Å². The molecular formula is C36H37NO4. The maximum Gasteiger partial charge on any atom is 0.306 e. The molecule has 0 aliphatic heterocycles. The van der Waals surface area contributed by atoms with Gasteiger partial charge in [-0.05, 0) is 60.1 Å². The molecule has 1 unspecified atom stereocenters. The first-order valence-corrected chi connectivity index (χ1v) is 14.3. The SMILES string of the molecule is CC.O=C(CC(CCc1ccccc1)C(=O)O)c1ccc(-c2ccc(NC(=O)C3(c4ccccc4)CC3)cc2)cc1. The van der Waals surface area contributed by atoms with Crippen LogP contribution < -0.4 is 5.32 Å². The number of carboxylic acids is 1. The molecule has 1 atom stereocenters. The molecule has 4 aromatic rings. The summed E-state index contributed by atoms with van der Waals surface area (Å²) < 4.78 is 0. The van der Waals surface area contributed by atoms with Gasteiger partial charge in [0.05, 0.1) is 11.3 Å². The Morgan fingerprint density at radius 1 is 0.756 bits per heavy atom. The molecule has 1 aliphatic carbocycles. The van der Waals surface area contributed by atoms with Gasteiger partial charge in [0.2, 0.25) is 5.91 Å². The normalized spacial score (nSPS) is 13.7. The molecule has 1 amide bonds. The summed E-state index contributed by atoms with van der Waals surface area (Å²) in [5, 5.41) is 12.7. The van der Waals surface area contributed by atoms with E-state index in [1.807, 2.05) is 111 Å². The van der Waals surface area contributed by atoms with Crippen LogP contribution in [0.15, 0.2) is 109 Å². The van der Waals surface area contributed by atoms with Gasteiger partial charge >= 0.3 is 5.97 Å². The number of carboxylic acid groups (broad SMARTS) is 1. The number of carbonyl (C=O) groups excluding carboxylic acids is 2. The number of amides is 1. The number of ketones is 1. The summed E-state index contributed by atoms with van der Waals surface area (Å²) in [5.41, 5.74) is 4.84. The highest BCUT2D eigenvalue weighted by Gasteiger charge is 2.51. The van der Waals surface area contributed by atoms with Crippen molar-refractivity contribution in [3.05, 3.63) is 126 Å². The van der Waals surface area contributed by atoms with E-state index in [1.165, 1.54) is 0 Å². The molecule has 0 aromatic heterocycles. The van der Waals surface area contributed by atoms with Crippen LogP contribution >= 0.6 is 0 Å². The number of nitrogens with one attached hydrogen (secondary N) is 1. The van der Waals surface area contributed by atoms with Crippen LogP contribution in [-0.2, 0) is 21.4 Å². The molecule has 2 N–H and O–H groups in total. The standard InChI is InChI=1S/C34H31NO4.C2H6/c36-31(23-28(32(37)38)12-11-24-7-3-1-4-8-24)27-15-13-25(14-16-27)26-17-19-30(20-18-26)35-33(39)34(21-22-34)29-9-5-2-6-10-29;1-2/h1-10,13-20,28H,11-12,21-23H2,(H,35,39)(H,37,38);1-2H3. The summed E-state index contributed by atoms with van der Waals surface area (Å²) in [7, 11) is 0. The summed E-state index contributed by atoms with van der Waals surface area (Å²) in [6.45, 7) is 4.00. The second-order valence-corrected chi connectivity index (χ2v) is 10.2. The summed E-state index contributed by atoms with van der Waals surface area (Å²) >= 11 is 0. The monoisotopic (exact) mass is 547 g/mol. The quantitative estimate of drug-likeness (QED) is 0.187. The molecule has 1 saturated carbocycles. The lowest BCUT2D eigenvalue weighted by Crippen LogP contribution is -2.27. The Morgan fingerprint density at radius 2 is 1.29 bits per heavy atom. The highest BCUT2D eigenvalue weighted by molar-refractivity contribution is 6.01. The summed E-state index contributed by atoms with van der Waals surface area (Å²) in [6.07, 6.45) is 2.71. The van der Waals surface area contributed by atoms with Gasteiger partial charge in [0.15, 0.2) is 5.78 Å². The van der Waals surface area contributed by atoms with E-state index in [9.17, 15) is 19.5 Å². The number of hydrogen-bond acceptors (Lipinski definition) is 3. The molecule has 210 valence electrons. The molecule has 5 heteroatoms. The third kappa shape index (κ3) is 7.37. The molecule has 0 saturated heterocycles. The molecule has 5 nitrogen and oxygen atoms in total. The largest absolute Gasteiger partial charge is 0.481 e. The molecule has 1 aliphatic rings. The fourth-order valence-corrected chi connectivity index (χ4v) is 5.01. The maximum absolute atomic E-state index is 13.0. The lowest BCUT2D eigenvalue weighted by Gasteiger charge is -2.16. The van der Waals surface area contributed by atoms with Crippen molar-refractivity contribution in [3.63, 3.8) is 0 Å². The van der Waals surface area contributed by atoms with Crippen LogP contribution in [0.25, 0.3) is 11.1 Å². The summed E-state index contributed by atoms with van der Waals surface area (Å²) in [5.74, 6) is -1.82. The summed E-state index contributed by atoms with van der Waals surface area (Å²) in [4.78, 5) is 37.6. The Kier molecular flexibility index (Phi) is 9.86. The van der Waals surface area contributed by atoms with Crippen LogP contribution in [0.4, 0.5) is 5.69 Å². The molecule has 5 rings (SSSR count). The highest BCUT2D eigenvalue weighted by Crippen LogP contribution is 2.49. The van der Waals surface area contributed by atoms with Gasteiger partial charge in [0, 0.05) is 17.7 Å². The fraction of sp³-hybridized carbons (Fsp3) is 0.250. The molecule has 0 radical (unpaired) electrons. The third-order valence-corrected chi connectivity index (χ3v) is 7.60. The van der Waals surface area contributed by atoms with Crippen molar-refractivity contribution in [1.29, 1.82) is 0 Å². The molecule has 1 fully saturated rings. The van der Waals surface area contributed by atoms with E-state index >= 15 is 0 Å². The van der Waals surface area contributed by atoms with E-state index in [2.05, 4.69) is 5.32 Å². The van der Waals surface area contributed by atoms with E-state index in [4.69, 9.17) is 0 Å². The van der Waals surface area contributed by atoms with Gasteiger partial charge in [-0.15, -0.1) is 0 Å². The fourth-order valence-electron chi connectivity index (χ4n) is 5.01. The molecule has 0 bridgehead atoms. The zero-order chi connectivity index (χ0) is 29.2. The van der Waals surface area contributed by atoms with Crippen molar-refractivity contribution in [2.75, 3.05) is 5.32 Å². The van der Waals surface area contributed by atoms with E-state index in [-0.39, 0.29) is 18.1 Å². The van der Waals surface area contributed by atoms with Crippen LogP contribution in [0, 0.1) is 5.92 Å². The van der Waals surface area contributed by atoms with Gasteiger partial charge in [-0.3, -0.25) is 14.4 Å².